The van der Waals surface area contributed by atoms with Gasteiger partial charge in [-0.15, -0.1) is 0 Å². The van der Waals surface area contributed by atoms with E-state index < -0.39 is 0 Å². The van der Waals surface area contributed by atoms with E-state index >= 15 is 0 Å². The normalized spacial score (nSPS) is 18.2. The number of nitrogens with one attached hydrogen (secondary N) is 2. The molecule has 1 saturated carbocycles. The fourth-order valence-electron chi connectivity index (χ4n) is 4.86. The summed E-state index contributed by atoms with van der Waals surface area (Å²) in [5.41, 5.74) is 2.14. The number of aromatic amines is 1. The Morgan fingerprint density at radius 1 is 0.909 bits per heavy atom. The minimum atomic E-state index is 0.695. The number of rotatable bonds is 6. The van der Waals surface area contributed by atoms with Crippen molar-refractivity contribution in [3.05, 3.63) is 59.5 Å². The van der Waals surface area contributed by atoms with Gasteiger partial charge in [0.2, 0.25) is 0 Å². The van der Waals surface area contributed by atoms with Gasteiger partial charge in [-0.25, -0.2) is 9.97 Å². The molecule has 0 spiro atoms. The highest BCUT2D eigenvalue weighted by atomic mass is 15.3. The molecule has 0 bridgehead atoms. The number of benzene rings is 1. The Balaban J connectivity index is 1.35. The van der Waals surface area contributed by atoms with E-state index in [9.17, 15) is 0 Å². The Kier molecular flexibility index (Phi) is 6.67. The third kappa shape index (κ3) is 5.60. The maximum Gasteiger partial charge on any atom is 0.156 e. The highest BCUT2D eigenvalue weighted by Crippen LogP contribution is 2.26. The van der Waals surface area contributed by atoms with E-state index in [1.54, 1.807) is 0 Å². The van der Waals surface area contributed by atoms with Crippen LogP contribution in [0.1, 0.15) is 49.2 Å². The molecule has 0 amide bonds. The molecule has 2 aromatic heterocycles. The SMILES string of the molecule is Cc1cc(Nc2cc(N3CCN(C4CCCCC4)CC3)nc(C=Cc3ccccc3)n2)n[nH]1. The zero-order valence-electron chi connectivity index (χ0n) is 19.4. The number of aryl methyl sites for hydroxylation is 1. The van der Waals surface area contributed by atoms with Crippen LogP contribution < -0.4 is 10.2 Å². The average molecular weight is 444 g/mol. The van der Waals surface area contributed by atoms with Gasteiger partial charge < -0.3 is 10.2 Å². The Morgan fingerprint density at radius 3 is 2.42 bits per heavy atom. The van der Waals surface area contributed by atoms with Gasteiger partial charge in [-0.2, -0.15) is 5.10 Å². The highest BCUT2D eigenvalue weighted by molar-refractivity contribution is 5.69. The standard InChI is InChI=1S/C26H33N7/c1-20-18-25(31-30-20)28-24-19-26(29-23(27-24)13-12-21-8-4-2-5-9-21)33-16-14-32(15-17-33)22-10-6-3-7-11-22/h2,4-5,8-9,12-13,18-19,22H,3,6-7,10-11,14-17H2,1H3,(H2,27,28,29,30,31). The van der Waals surface area contributed by atoms with Crippen molar-refractivity contribution in [2.75, 3.05) is 36.4 Å². The van der Waals surface area contributed by atoms with Gasteiger partial charge in [-0.1, -0.05) is 55.7 Å². The lowest BCUT2D eigenvalue weighted by atomic mass is 9.94. The minimum absolute atomic E-state index is 0.695. The topological polar surface area (TPSA) is 73.0 Å². The smallest absolute Gasteiger partial charge is 0.156 e. The molecule has 1 aromatic carbocycles. The van der Waals surface area contributed by atoms with Gasteiger partial charge in [-0.3, -0.25) is 10.00 Å². The van der Waals surface area contributed by atoms with Crippen LogP contribution in [0.4, 0.5) is 17.5 Å². The molecule has 2 N–H and O–H groups in total. The van der Waals surface area contributed by atoms with Gasteiger partial charge in [-0.05, 0) is 31.4 Å². The Bertz CT molecular complexity index is 1060. The minimum Gasteiger partial charge on any atom is -0.354 e. The first-order chi connectivity index (χ1) is 16.2. The van der Waals surface area contributed by atoms with Gasteiger partial charge in [0.05, 0.1) is 0 Å². The summed E-state index contributed by atoms with van der Waals surface area (Å²) in [4.78, 5) is 14.7. The molecule has 2 fully saturated rings. The molecule has 2 aliphatic rings. The quantitative estimate of drug-likeness (QED) is 0.566. The van der Waals surface area contributed by atoms with Crippen molar-refractivity contribution in [3.8, 4) is 0 Å². The summed E-state index contributed by atoms with van der Waals surface area (Å²) in [5, 5.41) is 10.6. The summed E-state index contributed by atoms with van der Waals surface area (Å²) in [6.07, 6.45) is 10.9. The number of H-pyrrole nitrogens is 1. The van der Waals surface area contributed by atoms with E-state index in [-0.39, 0.29) is 0 Å². The van der Waals surface area contributed by atoms with E-state index in [0.29, 0.717) is 5.82 Å². The van der Waals surface area contributed by atoms with Crippen LogP contribution in [-0.2, 0) is 0 Å². The number of hydrogen-bond acceptors (Lipinski definition) is 6. The number of hydrogen-bond donors (Lipinski definition) is 2. The molecule has 1 saturated heterocycles. The summed E-state index contributed by atoms with van der Waals surface area (Å²) >= 11 is 0. The molecule has 3 heterocycles. The first kappa shape index (κ1) is 21.6. The number of anilines is 3. The summed E-state index contributed by atoms with van der Waals surface area (Å²) in [6, 6.07) is 15.0. The number of aromatic nitrogens is 4. The molecule has 0 atom stereocenters. The molecule has 1 aliphatic heterocycles. The molecule has 3 aromatic rings. The van der Waals surface area contributed by atoms with Crippen molar-refractivity contribution in [2.24, 2.45) is 0 Å². The first-order valence-corrected chi connectivity index (χ1v) is 12.1. The maximum absolute atomic E-state index is 4.90. The van der Waals surface area contributed by atoms with E-state index in [4.69, 9.17) is 9.97 Å². The Hall–Kier alpha value is -3.19. The van der Waals surface area contributed by atoms with Crippen LogP contribution >= 0.6 is 0 Å². The molecular formula is C26H33N7. The van der Waals surface area contributed by atoms with Crippen LogP contribution in [0.15, 0.2) is 42.5 Å². The summed E-state index contributed by atoms with van der Waals surface area (Å²) < 4.78 is 0. The largest absolute Gasteiger partial charge is 0.354 e. The van der Waals surface area contributed by atoms with Crippen molar-refractivity contribution < 1.29 is 0 Å². The zero-order chi connectivity index (χ0) is 22.5. The van der Waals surface area contributed by atoms with Crippen LogP contribution in [0.3, 0.4) is 0 Å². The molecule has 1 aliphatic carbocycles. The molecule has 172 valence electrons. The molecule has 0 radical (unpaired) electrons. The third-order valence-corrected chi connectivity index (χ3v) is 6.65. The number of piperazine rings is 1. The van der Waals surface area contributed by atoms with Gasteiger partial charge in [0, 0.05) is 50.0 Å². The highest BCUT2D eigenvalue weighted by Gasteiger charge is 2.26. The second-order valence-corrected chi connectivity index (χ2v) is 9.09. The lowest BCUT2D eigenvalue weighted by Gasteiger charge is -2.41. The third-order valence-electron chi connectivity index (χ3n) is 6.65. The Morgan fingerprint density at radius 2 is 1.70 bits per heavy atom. The average Bonchev–Trinajstić information content (AvgIpc) is 3.28. The van der Waals surface area contributed by atoms with Crippen LogP contribution in [0.2, 0.25) is 0 Å². The van der Waals surface area contributed by atoms with Crippen molar-refractivity contribution in [2.45, 2.75) is 45.1 Å². The van der Waals surface area contributed by atoms with E-state index in [0.717, 1.165) is 60.9 Å². The van der Waals surface area contributed by atoms with Crippen LogP contribution in [-0.4, -0.2) is 57.3 Å². The summed E-state index contributed by atoms with van der Waals surface area (Å²) in [7, 11) is 0. The summed E-state index contributed by atoms with van der Waals surface area (Å²) in [6.45, 7) is 6.19. The zero-order valence-corrected chi connectivity index (χ0v) is 19.4. The molecule has 0 unspecified atom stereocenters. The Labute approximate surface area is 195 Å². The molecular weight excluding hydrogens is 410 g/mol. The van der Waals surface area contributed by atoms with E-state index in [1.165, 1.54) is 32.1 Å². The maximum atomic E-state index is 4.90. The molecule has 7 nitrogen and oxygen atoms in total. The van der Waals surface area contributed by atoms with Crippen LogP contribution in [0.5, 0.6) is 0 Å². The molecule has 7 heteroatoms. The second-order valence-electron chi connectivity index (χ2n) is 9.09. The van der Waals surface area contributed by atoms with Crippen molar-refractivity contribution in [1.29, 1.82) is 0 Å². The predicted molar refractivity (Wildman–Crippen MR) is 135 cm³/mol. The molecule has 33 heavy (non-hydrogen) atoms. The van der Waals surface area contributed by atoms with Gasteiger partial charge in [0.1, 0.15) is 11.6 Å². The fourth-order valence-corrected chi connectivity index (χ4v) is 4.86. The van der Waals surface area contributed by atoms with Crippen LogP contribution in [0.25, 0.3) is 12.2 Å². The van der Waals surface area contributed by atoms with Gasteiger partial charge >= 0.3 is 0 Å². The van der Waals surface area contributed by atoms with Gasteiger partial charge in [0.25, 0.3) is 0 Å². The van der Waals surface area contributed by atoms with Crippen molar-refractivity contribution in [1.82, 2.24) is 25.1 Å². The van der Waals surface area contributed by atoms with Gasteiger partial charge in [0.15, 0.2) is 11.6 Å². The fraction of sp³-hybridized carbons (Fsp3) is 0.423. The van der Waals surface area contributed by atoms with E-state index in [2.05, 4.69) is 43.5 Å². The molecule has 5 rings (SSSR count). The monoisotopic (exact) mass is 443 g/mol. The van der Waals surface area contributed by atoms with Crippen molar-refractivity contribution in [3.63, 3.8) is 0 Å². The lowest BCUT2D eigenvalue weighted by Crippen LogP contribution is -2.51. The van der Waals surface area contributed by atoms with Crippen molar-refractivity contribution >= 4 is 29.6 Å². The number of nitrogens with zero attached hydrogens (tertiary/aromatic N) is 5. The first-order valence-electron chi connectivity index (χ1n) is 12.1. The lowest BCUT2D eigenvalue weighted by molar-refractivity contribution is 0.147. The second kappa shape index (κ2) is 10.2. The predicted octanol–water partition coefficient (Wildman–Crippen LogP) is 4.88. The summed E-state index contributed by atoms with van der Waals surface area (Å²) in [5.74, 6) is 3.18. The van der Waals surface area contributed by atoms with Crippen LogP contribution in [0, 0.1) is 6.92 Å². The van der Waals surface area contributed by atoms with E-state index in [1.807, 2.05) is 43.3 Å².